The van der Waals surface area contributed by atoms with Gasteiger partial charge in [0.05, 0.1) is 0 Å². The van der Waals surface area contributed by atoms with E-state index in [4.69, 9.17) is 0 Å². The fourth-order valence-electron chi connectivity index (χ4n) is 1.93. The first-order valence-electron chi connectivity index (χ1n) is 7.33. The number of rotatable bonds is 5. The quantitative estimate of drug-likeness (QED) is 0.728. The van der Waals surface area contributed by atoms with Gasteiger partial charge in [-0.15, -0.1) is 0 Å². The van der Waals surface area contributed by atoms with E-state index in [-0.39, 0.29) is 0 Å². The molecule has 0 bridgehead atoms. The van der Waals surface area contributed by atoms with E-state index in [9.17, 15) is 0 Å². The average molecular weight is 245 g/mol. The standard InChI is InChI=1S/C10H23N3.2C2H6/c1-9-4-5-10(13(9)3)8-12-7-6-11-2;2*1-2/h9-12H,4-8H2,1-3H3;2*1-2H3. The summed E-state index contributed by atoms with van der Waals surface area (Å²) in [6.45, 7) is 13.6. The minimum atomic E-state index is 0.756. The van der Waals surface area contributed by atoms with Crippen LogP contribution in [0.25, 0.3) is 0 Å². The molecule has 17 heavy (non-hydrogen) atoms. The monoisotopic (exact) mass is 245 g/mol. The van der Waals surface area contributed by atoms with Gasteiger partial charge in [-0.1, -0.05) is 27.7 Å². The lowest BCUT2D eigenvalue weighted by molar-refractivity contribution is 0.248. The van der Waals surface area contributed by atoms with Crippen molar-refractivity contribution in [3.05, 3.63) is 0 Å². The maximum absolute atomic E-state index is 3.48. The molecule has 0 aromatic heterocycles. The van der Waals surface area contributed by atoms with Gasteiger partial charge in [-0.25, -0.2) is 0 Å². The van der Waals surface area contributed by atoms with Crippen LogP contribution < -0.4 is 10.6 Å². The number of hydrogen-bond acceptors (Lipinski definition) is 3. The lowest BCUT2D eigenvalue weighted by Gasteiger charge is -2.23. The van der Waals surface area contributed by atoms with E-state index < -0.39 is 0 Å². The molecule has 0 aromatic carbocycles. The Morgan fingerprint density at radius 2 is 1.65 bits per heavy atom. The van der Waals surface area contributed by atoms with Crippen molar-refractivity contribution in [1.82, 2.24) is 15.5 Å². The molecule has 3 heteroatoms. The van der Waals surface area contributed by atoms with E-state index >= 15 is 0 Å². The molecule has 3 nitrogen and oxygen atoms in total. The molecule has 1 heterocycles. The number of hydrogen-bond donors (Lipinski definition) is 2. The normalized spacial score (nSPS) is 23.5. The molecule has 1 rings (SSSR count). The second-order valence-corrected chi connectivity index (χ2v) is 4.05. The Morgan fingerprint density at radius 3 is 2.06 bits per heavy atom. The van der Waals surface area contributed by atoms with Gasteiger partial charge in [0.2, 0.25) is 0 Å². The van der Waals surface area contributed by atoms with Crippen LogP contribution in [-0.4, -0.2) is 50.7 Å². The number of nitrogens with zero attached hydrogens (tertiary/aromatic N) is 1. The van der Waals surface area contributed by atoms with Gasteiger partial charge in [0, 0.05) is 31.7 Å². The molecule has 1 saturated heterocycles. The van der Waals surface area contributed by atoms with Gasteiger partial charge in [0.25, 0.3) is 0 Å². The Labute approximate surface area is 109 Å². The highest BCUT2D eigenvalue weighted by Gasteiger charge is 2.26. The topological polar surface area (TPSA) is 27.3 Å². The predicted molar refractivity (Wildman–Crippen MR) is 79.7 cm³/mol. The molecule has 2 N–H and O–H groups in total. The lowest BCUT2D eigenvalue weighted by Crippen LogP contribution is -2.39. The summed E-state index contributed by atoms with van der Waals surface area (Å²) in [6.07, 6.45) is 2.71. The molecule has 0 amide bonds. The fourth-order valence-corrected chi connectivity index (χ4v) is 1.93. The van der Waals surface area contributed by atoms with Crippen LogP contribution in [0.4, 0.5) is 0 Å². The fraction of sp³-hybridized carbons (Fsp3) is 1.00. The zero-order chi connectivity index (χ0) is 13.7. The van der Waals surface area contributed by atoms with Gasteiger partial charge in [-0.2, -0.15) is 0 Å². The summed E-state index contributed by atoms with van der Waals surface area (Å²) in [5.74, 6) is 0. The summed E-state index contributed by atoms with van der Waals surface area (Å²) in [6, 6.07) is 1.53. The molecule has 1 fully saturated rings. The minimum absolute atomic E-state index is 0.756. The third-order valence-electron chi connectivity index (χ3n) is 3.12. The Morgan fingerprint density at radius 1 is 1.06 bits per heavy atom. The number of nitrogens with one attached hydrogen (secondary N) is 2. The summed E-state index contributed by atoms with van der Waals surface area (Å²) >= 11 is 0. The van der Waals surface area contributed by atoms with Gasteiger partial charge in [0.15, 0.2) is 0 Å². The number of likely N-dealkylation sites (N-methyl/N-ethyl adjacent to an activating group) is 2. The molecule has 0 aliphatic carbocycles. The Balaban J connectivity index is 0. The van der Waals surface area contributed by atoms with Crippen molar-refractivity contribution in [2.24, 2.45) is 0 Å². The third kappa shape index (κ3) is 8.58. The van der Waals surface area contributed by atoms with Crippen molar-refractivity contribution in [2.75, 3.05) is 33.7 Å². The zero-order valence-electron chi connectivity index (χ0n) is 13.1. The second kappa shape index (κ2) is 13.9. The lowest BCUT2D eigenvalue weighted by atomic mass is 10.2. The van der Waals surface area contributed by atoms with Crippen molar-refractivity contribution >= 4 is 0 Å². The maximum atomic E-state index is 3.48. The molecule has 0 radical (unpaired) electrons. The van der Waals surface area contributed by atoms with Crippen molar-refractivity contribution in [2.45, 2.75) is 59.5 Å². The third-order valence-corrected chi connectivity index (χ3v) is 3.12. The van der Waals surface area contributed by atoms with Crippen molar-refractivity contribution < 1.29 is 0 Å². The summed E-state index contributed by atoms with van der Waals surface area (Å²) in [5, 5.41) is 6.61. The molecular formula is C14H35N3. The molecule has 1 aliphatic heterocycles. The first-order chi connectivity index (χ1) is 8.25. The van der Waals surface area contributed by atoms with E-state index in [1.807, 2.05) is 34.7 Å². The summed E-state index contributed by atoms with van der Waals surface area (Å²) < 4.78 is 0. The molecule has 0 saturated carbocycles. The van der Waals surface area contributed by atoms with Crippen LogP contribution >= 0.6 is 0 Å². The van der Waals surface area contributed by atoms with Gasteiger partial charge in [0.1, 0.15) is 0 Å². The Bertz CT molecular complexity index is 139. The summed E-state index contributed by atoms with van der Waals surface area (Å²) in [7, 11) is 4.23. The maximum Gasteiger partial charge on any atom is 0.0220 e. The Hall–Kier alpha value is -0.120. The SMILES string of the molecule is CC.CC.CNCCNCC1CCC(C)N1C. The molecular weight excluding hydrogens is 210 g/mol. The van der Waals surface area contributed by atoms with Gasteiger partial charge < -0.3 is 10.6 Å². The molecule has 0 aromatic rings. The largest absolute Gasteiger partial charge is 0.318 e. The van der Waals surface area contributed by atoms with E-state index in [1.54, 1.807) is 0 Å². The van der Waals surface area contributed by atoms with Gasteiger partial charge in [-0.3, -0.25) is 4.90 Å². The van der Waals surface area contributed by atoms with E-state index in [2.05, 4.69) is 29.5 Å². The van der Waals surface area contributed by atoms with Crippen LogP contribution in [-0.2, 0) is 0 Å². The van der Waals surface area contributed by atoms with Gasteiger partial charge >= 0.3 is 0 Å². The van der Waals surface area contributed by atoms with Crippen LogP contribution in [0, 0.1) is 0 Å². The van der Waals surface area contributed by atoms with Gasteiger partial charge in [-0.05, 0) is 33.9 Å². The van der Waals surface area contributed by atoms with Crippen molar-refractivity contribution in [3.8, 4) is 0 Å². The molecule has 106 valence electrons. The van der Waals surface area contributed by atoms with E-state index in [0.717, 1.165) is 31.7 Å². The molecule has 2 atom stereocenters. The first-order valence-corrected chi connectivity index (χ1v) is 7.33. The summed E-state index contributed by atoms with van der Waals surface area (Å²) in [5.41, 5.74) is 0. The van der Waals surface area contributed by atoms with Crippen LogP contribution in [0.3, 0.4) is 0 Å². The van der Waals surface area contributed by atoms with Crippen LogP contribution in [0.1, 0.15) is 47.5 Å². The zero-order valence-corrected chi connectivity index (χ0v) is 13.1. The first kappa shape index (κ1) is 19.2. The van der Waals surface area contributed by atoms with Crippen LogP contribution in [0.5, 0.6) is 0 Å². The highest BCUT2D eigenvalue weighted by atomic mass is 15.2. The average Bonchev–Trinajstić information content (AvgIpc) is 2.71. The highest BCUT2D eigenvalue weighted by Crippen LogP contribution is 2.20. The number of likely N-dealkylation sites (tertiary alicyclic amines) is 1. The van der Waals surface area contributed by atoms with Crippen molar-refractivity contribution in [1.29, 1.82) is 0 Å². The van der Waals surface area contributed by atoms with E-state index in [1.165, 1.54) is 12.8 Å². The smallest absolute Gasteiger partial charge is 0.0220 e. The van der Waals surface area contributed by atoms with Crippen LogP contribution in [0.2, 0.25) is 0 Å². The molecule has 0 spiro atoms. The minimum Gasteiger partial charge on any atom is -0.318 e. The predicted octanol–water partition coefficient (Wildman–Crippen LogP) is 2.33. The molecule has 1 aliphatic rings. The van der Waals surface area contributed by atoms with Crippen LogP contribution in [0.15, 0.2) is 0 Å². The highest BCUT2D eigenvalue weighted by molar-refractivity contribution is 4.83. The summed E-state index contributed by atoms with van der Waals surface area (Å²) in [4.78, 5) is 2.49. The second-order valence-electron chi connectivity index (χ2n) is 4.05. The van der Waals surface area contributed by atoms with E-state index in [0.29, 0.717) is 0 Å². The molecule has 2 unspecified atom stereocenters. The van der Waals surface area contributed by atoms with Crippen molar-refractivity contribution in [3.63, 3.8) is 0 Å². The Kier molecular flexibility index (Phi) is 15.8.